The lowest BCUT2D eigenvalue weighted by molar-refractivity contribution is -1.02. The summed E-state index contributed by atoms with van der Waals surface area (Å²) in [5, 5.41) is 3.06. The van der Waals surface area contributed by atoms with Crippen molar-refractivity contribution >= 4 is 5.91 Å². The summed E-state index contributed by atoms with van der Waals surface area (Å²) in [4.78, 5) is 15.2. The first-order valence-corrected chi connectivity index (χ1v) is 10.6. The van der Waals surface area contributed by atoms with E-state index < -0.39 is 0 Å². The Balaban J connectivity index is 1.14. The van der Waals surface area contributed by atoms with Gasteiger partial charge in [0.1, 0.15) is 38.5 Å². The minimum atomic E-state index is 0.137. The van der Waals surface area contributed by atoms with Crippen molar-refractivity contribution in [2.75, 3.05) is 53.2 Å². The molecule has 0 bridgehead atoms. The Morgan fingerprint density at radius 3 is 2.43 bits per heavy atom. The molecule has 1 fully saturated rings. The van der Waals surface area contributed by atoms with Crippen LogP contribution >= 0.6 is 0 Å². The second-order valence-corrected chi connectivity index (χ2v) is 7.99. The summed E-state index contributed by atoms with van der Waals surface area (Å²) in [5.41, 5.74) is 2.47. The summed E-state index contributed by atoms with van der Waals surface area (Å²) >= 11 is 0. The van der Waals surface area contributed by atoms with E-state index in [4.69, 9.17) is 14.2 Å². The lowest BCUT2D eigenvalue weighted by Crippen LogP contribution is -3.28. The molecule has 160 valence electrons. The van der Waals surface area contributed by atoms with E-state index in [9.17, 15) is 4.79 Å². The maximum absolute atomic E-state index is 12.3. The van der Waals surface area contributed by atoms with Crippen molar-refractivity contribution in [2.24, 2.45) is 0 Å². The first-order valence-electron chi connectivity index (χ1n) is 10.6. The highest BCUT2D eigenvalue weighted by Crippen LogP contribution is 2.32. The van der Waals surface area contributed by atoms with Crippen LogP contribution in [0.2, 0.25) is 0 Å². The largest absolute Gasteiger partial charge is 0.497 e. The molecule has 4 rings (SSSR count). The normalized spacial score (nSPS) is 20.0. The van der Waals surface area contributed by atoms with Gasteiger partial charge in [0.15, 0.2) is 18.0 Å². The first kappa shape index (κ1) is 20.5. The minimum absolute atomic E-state index is 0.137. The molecule has 0 saturated carbocycles. The number of amides is 1. The summed E-state index contributed by atoms with van der Waals surface area (Å²) in [6, 6.07) is 14.2. The molecule has 0 aromatic heterocycles. The third-order valence-electron chi connectivity index (χ3n) is 5.86. The van der Waals surface area contributed by atoms with E-state index in [-0.39, 0.29) is 5.91 Å². The number of nitrogens with one attached hydrogen (secondary N) is 3. The highest BCUT2D eigenvalue weighted by molar-refractivity contribution is 5.76. The number of fused-ring (bicyclic) bond motifs is 1. The average molecular weight is 414 g/mol. The van der Waals surface area contributed by atoms with E-state index in [0.717, 1.165) is 56.4 Å². The molecule has 0 unspecified atom stereocenters. The third kappa shape index (κ3) is 5.43. The third-order valence-corrected chi connectivity index (χ3v) is 5.86. The Bertz CT molecular complexity index is 848. The number of hydrogen-bond acceptors (Lipinski definition) is 4. The molecule has 2 aromatic rings. The van der Waals surface area contributed by atoms with Crippen LogP contribution in [0.4, 0.5) is 0 Å². The van der Waals surface area contributed by atoms with Gasteiger partial charge in [0, 0.05) is 12.1 Å². The van der Waals surface area contributed by atoms with Crippen molar-refractivity contribution in [3.63, 3.8) is 0 Å². The Kier molecular flexibility index (Phi) is 6.71. The van der Waals surface area contributed by atoms with Gasteiger partial charge in [0.25, 0.3) is 5.91 Å². The molecule has 2 heterocycles. The number of benzene rings is 2. The van der Waals surface area contributed by atoms with Crippen molar-refractivity contribution in [3.05, 3.63) is 53.6 Å². The van der Waals surface area contributed by atoms with Gasteiger partial charge in [-0.25, -0.2) is 0 Å². The fourth-order valence-corrected chi connectivity index (χ4v) is 4.08. The van der Waals surface area contributed by atoms with Gasteiger partial charge >= 0.3 is 0 Å². The van der Waals surface area contributed by atoms with Gasteiger partial charge in [-0.3, -0.25) is 4.79 Å². The summed E-state index contributed by atoms with van der Waals surface area (Å²) in [6.45, 7) is 6.71. The lowest BCUT2D eigenvalue weighted by atomic mass is 10.1. The zero-order valence-electron chi connectivity index (χ0n) is 17.5. The Labute approximate surface area is 177 Å². The number of ether oxygens (including phenoxy) is 3. The maximum atomic E-state index is 12.3. The molecule has 0 spiro atoms. The molecule has 30 heavy (non-hydrogen) atoms. The average Bonchev–Trinajstić information content (AvgIpc) is 3.23. The SMILES string of the molecule is COc1ccc(CCNC(=O)C[NH+]2CC[NH+](Cc3ccc4c(c3)OCO4)CC2)cc1. The lowest BCUT2D eigenvalue weighted by Gasteiger charge is -2.29. The van der Waals surface area contributed by atoms with Gasteiger partial charge < -0.3 is 29.3 Å². The molecule has 7 heteroatoms. The number of carbonyl (C=O) groups excluding carboxylic acids is 1. The van der Waals surface area contributed by atoms with Crippen LogP contribution in [0.1, 0.15) is 11.1 Å². The summed E-state index contributed by atoms with van der Waals surface area (Å²) in [5.74, 6) is 2.67. The fourth-order valence-electron chi connectivity index (χ4n) is 4.08. The topological polar surface area (TPSA) is 65.7 Å². The smallest absolute Gasteiger partial charge is 0.275 e. The van der Waals surface area contributed by atoms with Gasteiger partial charge in [-0.2, -0.15) is 0 Å². The number of piperazine rings is 1. The monoisotopic (exact) mass is 413 g/mol. The van der Waals surface area contributed by atoms with Crippen molar-refractivity contribution in [3.8, 4) is 17.2 Å². The van der Waals surface area contributed by atoms with Crippen LogP contribution in [-0.4, -0.2) is 59.1 Å². The predicted molar refractivity (Wildman–Crippen MR) is 112 cm³/mol. The van der Waals surface area contributed by atoms with Crippen LogP contribution < -0.4 is 29.3 Å². The summed E-state index contributed by atoms with van der Waals surface area (Å²) < 4.78 is 16.0. The zero-order valence-corrected chi connectivity index (χ0v) is 17.5. The van der Waals surface area contributed by atoms with E-state index in [1.54, 1.807) is 12.0 Å². The molecule has 1 saturated heterocycles. The number of rotatable bonds is 8. The second-order valence-electron chi connectivity index (χ2n) is 7.99. The van der Waals surface area contributed by atoms with E-state index in [2.05, 4.69) is 17.4 Å². The first-order chi connectivity index (χ1) is 14.7. The van der Waals surface area contributed by atoms with E-state index in [1.165, 1.54) is 16.0 Å². The standard InChI is InChI=1S/C23H29N3O4/c1-28-20-5-2-18(3-6-20)8-9-24-23(27)16-26-12-10-25(11-13-26)15-19-4-7-21-22(14-19)30-17-29-21/h2-7,14H,8-13,15-17H2,1H3,(H,24,27)/p+2. The van der Waals surface area contributed by atoms with Crippen molar-refractivity contribution in [1.82, 2.24) is 5.32 Å². The molecule has 3 N–H and O–H groups in total. The van der Waals surface area contributed by atoms with Crippen LogP contribution in [0.3, 0.4) is 0 Å². The molecule has 0 aliphatic carbocycles. The van der Waals surface area contributed by atoms with Crippen LogP contribution in [0.5, 0.6) is 17.2 Å². The Hall–Kier alpha value is -2.77. The quantitative estimate of drug-likeness (QED) is 0.523. The van der Waals surface area contributed by atoms with Gasteiger partial charge in [-0.15, -0.1) is 0 Å². The second kappa shape index (κ2) is 9.82. The molecule has 2 aromatic carbocycles. The van der Waals surface area contributed by atoms with E-state index >= 15 is 0 Å². The van der Waals surface area contributed by atoms with Crippen LogP contribution in [0.25, 0.3) is 0 Å². The summed E-state index contributed by atoms with van der Waals surface area (Å²) in [6.07, 6.45) is 0.832. The molecule has 0 radical (unpaired) electrons. The number of methoxy groups -OCH3 is 1. The molecule has 2 aliphatic rings. The number of carbonyl (C=O) groups is 1. The molecule has 1 amide bonds. The van der Waals surface area contributed by atoms with Gasteiger partial charge in [-0.05, 0) is 42.3 Å². The summed E-state index contributed by atoms with van der Waals surface area (Å²) in [7, 11) is 1.66. The zero-order chi connectivity index (χ0) is 20.8. The predicted octanol–water partition coefficient (Wildman–Crippen LogP) is -0.934. The highest BCUT2D eigenvalue weighted by atomic mass is 16.7. The highest BCUT2D eigenvalue weighted by Gasteiger charge is 2.25. The fraction of sp³-hybridized carbons (Fsp3) is 0.435. The van der Waals surface area contributed by atoms with E-state index in [0.29, 0.717) is 19.9 Å². The minimum Gasteiger partial charge on any atom is -0.497 e. The maximum Gasteiger partial charge on any atom is 0.275 e. The van der Waals surface area contributed by atoms with Crippen molar-refractivity contribution in [2.45, 2.75) is 13.0 Å². The van der Waals surface area contributed by atoms with Gasteiger partial charge in [0.05, 0.1) is 7.11 Å². The van der Waals surface area contributed by atoms with Crippen LogP contribution in [0, 0.1) is 0 Å². The molecular formula is C23H31N3O4+2. The van der Waals surface area contributed by atoms with Gasteiger partial charge in [0.2, 0.25) is 6.79 Å². The number of hydrogen-bond donors (Lipinski definition) is 3. The molecular weight excluding hydrogens is 382 g/mol. The Morgan fingerprint density at radius 1 is 0.967 bits per heavy atom. The number of quaternary nitrogens is 2. The van der Waals surface area contributed by atoms with Crippen LogP contribution in [0.15, 0.2) is 42.5 Å². The molecule has 2 aliphatic heterocycles. The van der Waals surface area contributed by atoms with E-state index in [1.807, 2.05) is 30.3 Å². The van der Waals surface area contributed by atoms with Crippen LogP contribution in [-0.2, 0) is 17.8 Å². The Morgan fingerprint density at radius 2 is 1.67 bits per heavy atom. The molecule has 0 atom stereocenters. The molecule has 7 nitrogen and oxygen atoms in total. The van der Waals surface area contributed by atoms with Gasteiger partial charge in [-0.1, -0.05) is 12.1 Å². The van der Waals surface area contributed by atoms with Crippen molar-refractivity contribution in [1.29, 1.82) is 0 Å². The van der Waals surface area contributed by atoms with Crippen molar-refractivity contribution < 1.29 is 28.8 Å².